The third-order valence-electron chi connectivity index (χ3n) is 1.96. The molecular formula is C7H13NO3S. The first-order valence-corrected chi connectivity index (χ1v) is 5.96. The molecule has 1 N–H and O–H groups in total. The second-order valence-corrected chi connectivity index (χ2v) is 5.46. The predicted octanol–water partition coefficient (Wildman–Crippen LogP) is -0.790. The molecule has 12 heavy (non-hydrogen) atoms. The molecule has 1 saturated heterocycles. The largest absolute Gasteiger partial charge is 0.315 e. The number of hydrogen-bond acceptors (Lipinski definition) is 4. The van der Waals surface area contributed by atoms with Crippen molar-refractivity contribution in [3.8, 4) is 0 Å². The molecule has 70 valence electrons. The van der Waals surface area contributed by atoms with Gasteiger partial charge in [0.15, 0.2) is 0 Å². The van der Waals surface area contributed by atoms with E-state index in [0.717, 1.165) is 6.26 Å². The normalized spacial score (nSPS) is 18.8. The number of nitrogens with one attached hydrogen (secondary N) is 1. The Kier molecular flexibility index (Phi) is 2.85. The first-order valence-electron chi connectivity index (χ1n) is 3.90. The van der Waals surface area contributed by atoms with Crippen LogP contribution >= 0.6 is 0 Å². The van der Waals surface area contributed by atoms with Gasteiger partial charge in [0.25, 0.3) is 0 Å². The van der Waals surface area contributed by atoms with Gasteiger partial charge in [0, 0.05) is 31.7 Å². The number of ketones is 1. The molecule has 1 aliphatic heterocycles. The van der Waals surface area contributed by atoms with E-state index in [4.69, 9.17) is 0 Å². The maximum absolute atomic E-state index is 11.2. The lowest BCUT2D eigenvalue weighted by Gasteiger charge is -2.25. The molecule has 0 spiro atoms. The summed E-state index contributed by atoms with van der Waals surface area (Å²) in [7, 11) is -2.98. The Labute approximate surface area is 72.3 Å². The van der Waals surface area contributed by atoms with Gasteiger partial charge in [0.1, 0.15) is 15.6 Å². The first-order chi connectivity index (χ1) is 5.49. The van der Waals surface area contributed by atoms with E-state index in [2.05, 4.69) is 5.32 Å². The molecule has 0 saturated carbocycles. The second kappa shape index (κ2) is 3.53. The van der Waals surface area contributed by atoms with Gasteiger partial charge in [0.2, 0.25) is 0 Å². The molecular weight excluding hydrogens is 178 g/mol. The van der Waals surface area contributed by atoms with Crippen molar-refractivity contribution in [1.29, 1.82) is 0 Å². The van der Waals surface area contributed by atoms with Crippen LogP contribution < -0.4 is 5.32 Å². The average Bonchev–Trinajstić information content (AvgIpc) is 1.78. The summed E-state index contributed by atoms with van der Waals surface area (Å²) in [6, 6.07) is 0. The molecule has 0 amide bonds. The zero-order chi connectivity index (χ0) is 9.19. The van der Waals surface area contributed by atoms with E-state index in [1.165, 1.54) is 0 Å². The highest BCUT2D eigenvalue weighted by Gasteiger charge is 2.24. The molecule has 0 radical (unpaired) electrons. The Morgan fingerprint density at radius 2 is 2.08 bits per heavy atom. The minimum absolute atomic E-state index is 0.0116. The number of hydrogen-bond donors (Lipinski definition) is 1. The summed E-state index contributed by atoms with van der Waals surface area (Å²) < 4.78 is 21.4. The molecule has 0 aromatic heterocycles. The van der Waals surface area contributed by atoms with Gasteiger partial charge in [-0.25, -0.2) is 8.42 Å². The average molecular weight is 191 g/mol. The Morgan fingerprint density at radius 3 is 2.42 bits per heavy atom. The molecule has 0 aromatic carbocycles. The number of Topliss-reactive ketones (excluding diaryl/α,β-unsaturated/α-hetero) is 1. The van der Waals surface area contributed by atoms with Crippen LogP contribution in [0.4, 0.5) is 0 Å². The fraction of sp³-hybridized carbons (Fsp3) is 0.857. The SMILES string of the molecule is CS(=O)(=O)CCC(=O)C1CNC1. The molecule has 0 bridgehead atoms. The number of carbonyl (C=O) groups excluding carboxylic acids is 1. The molecule has 0 aromatic rings. The lowest BCUT2D eigenvalue weighted by molar-refractivity contribution is -0.123. The van der Waals surface area contributed by atoms with Crippen molar-refractivity contribution < 1.29 is 13.2 Å². The van der Waals surface area contributed by atoms with Crippen LogP contribution in [0, 0.1) is 5.92 Å². The van der Waals surface area contributed by atoms with Crippen molar-refractivity contribution in [2.45, 2.75) is 6.42 Å². The third-order valence-corrected chi connectivity index (χ3v) is 2.90. The third kappa shape index (κ3) is 2.91. The van der Waals surface area contributed by atoms with E-state index in [1.807, 2.05) is 0 Å². The smallest absolute Gasteiger partial charge is 0.147 e. The van der Waals surface area contributed by atoms with E-state index in [0.29, 0.717) is 13.1 Å². The predicted molar refractivity (Wildman–Crippen MR) is 45.7 cm³/mol. The van der Waals surface area contributed by atoms with Gasteiger partial charge in [-0.2, -0.15) is 0 Å². The summed E-state index contributed by atoms with van der Waals surface area (Å²) >= 11 is 0. The van der Waals surface area contributed by atoms with Gasteiger partial charge in [0.05, 0.1) is 5.75 Å². The summed E-state index contributed by atoms with van der Waals surface area (Å²) in [5.74, 6) is 0.119. The topological polar surface area (TPSA) is 63.2 Å². The molecule has 4 nitrogen and oxygen atoms in total. The molecule has 1 rings (SSSR count). The van der Waals surface area contributed by atoms with Crippen LogP contribution in [0.2, 0.25) is 0 Å². The number of sulfone groups is 1. The lowest BCUT2D eigenvalue weighted by Crippen LogP contribution is -2.46. The second-order valence-electron chi connectivity index (χ2n) is 3.20. The molecule has 1 fully saturated rings. The molecule has 5 heteroatoms. The van der Waals surface area contributed by atoms with Crippen molar-refractivity contribution in [2.75, 3.05) is 25.1 Å². The highest BCUT2D eigenvalue weighted by molar-refractivity contribution is 7.90. The van der Waals surface area contributed by atoms with Crippen molar-refractivity contribution in [1.82, 2.24) is 5.32 Å². The van der Waals surface area contributed by atoms with Crippen molar-refractivity contribution in [3.63, 3.8) is 0 Å². The Bertz CT molecular complexity index is 266. The molecule has 0 atom stereocenters. The maximum atomic E-state index is 11.2. The molecule has 0 aliphatic carbocycles. The summed E-state index contributed by atoms with van der Waals surface area (Å²) in [5, 5.41) is 2.97. The Balaban J connectivity index is 2.27. The van der Waals surface area contributed by atoms with Gasteiger partial charge >= 0.3 is 0 Å². The lowest BCUT2D eigenvalue weighted by atomic mass is 9.97. The van der Waals surface area contributed by atoms with E-state index in [1.54, 1.807) is 0 Å². The van der Waals surface area contributed by atoms with Gasteiger partial charge in [-0.1, -0.05) is 0 Å². The zero-order valence-electron chi connectivity index (χ0n) is 7.04. The fourth-order valence-corrected chi connectivity index (χ4v) is 1.58. The Hall–Kier alpha value is -0.420. The van der Waals surface area contributed by atoms with Crippen LogP contribution in [-0.4, -0.2) is 39.3 Å². The van der Waals surface area contributed by atoms with Gasteiger partial charge in [-0.05, 0) is 0 Å². The minimum atomic E-state index is -2.98. The van der Waals surface area contributed by atoms with Gasteiger partial charge in [-0.15, -0.1) is 0 Å². The van der Waals surface area contributed by atoms with E-state index in [-0.39, 0.29) is 23.9 Å². The summed E-state index contributed by atoms with van der Waals surface area (Å²) in [5.41, 5.74) is 0. The van der Waals surface area contributed by atoms with Crippen molar-refractivity contribution in [2.24, 2.45) is 5.92 Å². The van der Waals surface area contributed by atoms with Gasteiger partial charge in [-0.3, -0.25) is 4.79 Å². The first kappa shape index (κ1) is 9.67. The quantitative estimate of drug-likeness (QED) is 0.632. The van der Waals surface area contributed by atoms with Crippen molar-refractivity contribution in [3.05, 3.63) is 0 Å². The van der Waals surface area contributed by atoms with Crippen LogP contribution in [0.5, 0.6) is 0 Å². The molecule has 0 unspecified atom stereocenters. The summed E-state index contributed by atoms with van der Waals surface area (Å²) in [6.45, 7) is 1.42. The number of carbonyl (C=O) groups is 1. The van der Waals surface area contributed by atoms with Crippen LogP contribution in [-0.2, 0) is 14.6 Å². The minimum Gasteiger partial charge on any atom is -0.315 e. The standard InChI is InChI=1S/C7H13NO3S/c1-12(10,11)3-2-7(9)6-4-8-5-6/h6,8H,2-5H2,1H3. The van der Waals surface area contributed by atoms with Crippen molar-refractivity contribution >= 4 is 15.6 Å². The monoisotopic (exact) mass is 191 g/mol. The fourth-order valence-electron chi connectivity index (χ4n) is 1.01. The van der Waals surface area contributed by atoms with E-state index in [9.17, 15) is 13.2 Å². The highest BCUT2D eigenvalue weighted by atomic mass is 32.2. The van der Waals surface area contributed by atoms with Crippen LogP contribution in [0.3, 0.4) is 0 Å². The summed E-state index contributed by atoms with van der Waals surface area (Å²) in [6.07, 6.45) is 1.32. The van der Waals surface area contributed by atoms with Crippen LogP contribution in [0.15, 0.2) is 0 Å². The highest BCUT2D eigenvalue weighted by Crippen LogP contribution is 2.07. The number of rotatable bonds is 4. The van der Waals surface area contributed by atoms with E-state index >= 15 is 0 Å². The molecule has 1 aliphatic rings. The van der Waals surface area contributed by atoms with Gasteiger partial charge < -0.3 is 5.32 Å². The van der Waals surface area contributed by atoms with Crippen LogP contribution in [0.25, 0.3) is 0 Å². The maximum Gasteiger partial charge on any atom is 0.147 e. The van der Waals surface area contributed by atoms with Crippen LogP contribution in [0.1, 0.15) is 6.42 Å². The zero-order valence-corrected chi connectivity index (χ0v) is 7.86. The summed E-state index contributed by atoms with van der Waals surface area (Å²) in [4.78, 5) is 11.2. The molecule has 1 heterocycles. The Morgan fingerprint density at radius 1 is 1.50 bits per heavy atom. The van der Waals surface area contributed by atoms with E-state index < -0.39 is 9.84 Å².